The van der Waals surface area contributed by atoms with Crippen LogP contribution in [0.2, 0.25) is 0 Å². The predicted molar refractivity (Wildman–Crippen MR) is 85.0 cm³/mol. The molecule has 0 bridgehead atoms. The van der Waals surface area contributed by atoms with Gasteiger partial charge >= 0.3 is 0 Å². The van der Waals surface area contributed by atoms with Crippen molar-refractivity contribution in [3.8, 4) is 0 Å². The van der Waals surface area contributed by atoms with Crippen LogP contribution >= 0.6 is 0 Å². The maximum absolute atomic E-state index is 12.6. The van der Waals surface area contributed by atoms with Crippen LogP contribution in [0.4, 0.5) is 0 Å². The number of hydrogen-bond acceptors (Lipinski definition) is 3. The highest BCUT2D eigenvalue weighted by Crippen LogP contribution is 2.16. The van der Waals surface area contributed by atoms with Gasteiger partial charge in [0, 0.05) is 26.7 Å². The van der Waals surface area contributed by atoms with Crippen LogP contribution in [0.1, 0.15) is 32.8 Å². The van der Waals surface area contributed by atoms with Crippen molar-refractivity contribution in [2.24, 2.45) is 0 Å². The first-order chi connectivity index (χ1) is 9.66. The van der Waals surface area contributed by atoms with E-state index in [9.17, 15) is 13.5 Å². The third-order valence-corrected chi connectivity index (χ3v) is 4.90. The maximum atomic E-state index is 12.6. The number of hydrogen-bond donors (Lipinski definition) is 1. The quantitative estimate of drug-likeness (QED) is 0.796. The standard InChI is InChI=1S/C15H26N2O3S/c1-5-11-16(4)21(19,20)17(13-15(2,3)18)12-14-9-7-6-8-10-14/h6-10,18H,5,11-13H2,1-4H3. The molecule has 0 amide bonds. The summed E-state index contributed by atoms with van der Waals surface area (Å²) in [5.74, 6) is 0. The second-order valence-electron chi connectivity index (χ2n) is 5.90. The normalized spacial score (nSPS) is 13.1. The lowest BCUT2D eigenvalue weighted by Gasteiger charge is -2.31. The van der Waals surface area contributed by atoms with Gasteiger partial charge in [0.2, 0.25) is 0 Å². The minimum atomic E-state index is -3.59. The van der Waals surface area contributed by atoms with Crippen LogP contribution in [0.5, 0.6) is 0 Å². The molecule has 1 N–H and O–H groups in total. The monoisotopic (exact) mass is 314 g/mol. The van der Waals surface area contributed by atoms with Crippen molar-refractivity contribution in [1.82, 2.24) is 8.61 Å². The van der Waals surface area contributed by atoms with E-state index in [1.165, 1.54) is 8.61 Å². The minimum Gasteiger partial charge on any atom is -0.389 e. The van der Waals surface area contributed by atoms with Crippen molar-refractivity contribution >= 4 is 10.2 Å². The highest BCUT2D eigenvalue weighted by atomic mass is 32.2. The summed E-state index contributed by atoms with van der Waals surface area (Å²) in [4.78, 5) is 0. The van der Waals surface area contributed by atoms with Gasteiger partial charge in [0.25, 0.3) is 10.2 Å². The molecule has 6 heteroatoms. The van der Waals surface area contributed by atoms with Crippen molar-refractivity contribution in [3.05, 3.63) is 35.9 Å². The molecule has 0 unspecified atom stereocenters. The minimum absolute atomic E-state index is 0.0539. The number of aliphatic hydroxyl groups is 1. The summed E-state index contributed by atoms with van der Waals surface area (Å²) in [6.45, 7) is 5.92. The lowest BCUT2D eigenvalue weighted by molar-refractivity contribution is 0.0562. The zero-order valence-electron chi connectivity index (χ0n) is 13.3. The molecule has 0 radical (unpaired) electrons. The molecule has 0 spiro atoms. The lowest BCUT2D eigenvalue weighted by atomic mass is 10.1. The molecule has 5 nitrogen and oxygen atoms in total. The topological polar surface area (TPSA) is 60.9 Å². The first kappa shape index (κ1) is 18.1. The summed E-state index contributed by atoms with van der Waals surface area (Å²) < 4.78 is 28.0. The van der Waals surface area contributed by atoms with Crippen LogP contribution in [0.15, 0.2) is 30.3 Å². The summed E-state index contributed by atoms with van der Waals surface area (Å²) in [6.07, 6.45) is 0.747. The van der Waals surface area contributed by atoms with Crippen LogP contribution < -0.4 is 0 Å². The van der Waals surface area contributed by atoms with Crippen LogP contribution in [0.3, 0.4) is 0 Å². The van der Waals surface area contributed by atoms with Gasteiger partial charge in [-0.15, -0.1) is 0 Å². The molecule has 120 valence electrons. The van der Waals surface area contributed by atoms with E-state index in [1.54, 1.807) is 20.9 Å². The Kier molecular flexibility index (Phi) is 6.34. The van der Waals surface area contributed by atoms with E-state index in [1.807, 2.05) is 37.3 Å². The van der Waals surface area contributed by atoms with Crippen LogP contribution in [-0.2, 0) is 16.8 Å². The van der Waals surface area contributed by atoms with Gasteiger partial charge in [-0.25, -0.2) is 0 Å². The summed E-state index contributed by atoms with van der Waals surface area (Å²) in [5, 5.41) is 10.0. The second kappa shape index (κ2) is 7.35. The average molecular weight is 314 g/mol. The third kappa shape index (κ3) is 5.74. The van der Waals surface area contributed by atoms with Crippen molar-refractivity contribution in [1.29, 1.82) is 0 Å². The van der Waals surface area contributed by atoms with Gasteiger partial charge in [-0.1, -0.05) is 37.3 Å². The summed E-state index contributed by atoms with van der Waals surface area (Å²) >= 11 is 0. The fourth-order valence-electron chi connectivity index (χ4n) is 2.07. The van der Waals surface area contributed by atoms with Crippen LogP contribution in [-0.4, -0.2) is 47.9 Å². The molecule has 21 heavy (non-hydrogen) atoms. The van der Waals surface area contributed by atoms with Gasteiger partial charge in [-0.2, -0.15) is 17.0 Å². The summed E-state index contributed by atoms with van der Waals surface area (Å²) in [5.41, 5.74) is -0.190. The highest BCUT2D eigenvalue weighted by molar-refractivity contribution is 7.86. The molecule has 0 atom stereocenters. The fraction of sp³-hybridized carbons (Fsp3) is 0.600. The summed E-state index contributed by atoms with van der Waals surface area (Å²) in [6, 6.07) is 9.40. The molecule has 1 rings (SSSR count). The van der Waals surface area contributed by atoms with E-state index < -0.39 is 15.8 Å². The van der Waals surface area contributed by atoms with Gasteiger partial charge in [-0.05, 0) is 25.8 Å². The number of rotatable bonds is 8. The van der Waals surface area contributed by atoms with E-state index in [2.05, 4.69) is 0 Å². The zero-order valence-corrected chi connectivity index (χ0v) is 14.1. The third-order valence-electron chi connectivity index (χ3n) is 3.02. The van der Waals surface area contributed by atoms with Crippen molar-refractivity contribution in [3.63, 3.8) is 0 Å². The molecule has 0 saturated carbocycles. The van der Waals surface area contributed by atoms with E-state index in [0.29, 0.717) is 6.54 Å². The molecule has 0 aliphatic carbocycles. The van der Waals surface area contributed by atoms with Gasteiger partial charge in [0.05, 0.1) is 5.60 Å². The Morgan fingerprint density at radius 1 is 1.19 bits per heavy atom. The van der Waals surface area contributed by atoms with E-state index in [4.69, 9.17) is 0 Å². The molecular weight excluding hydrogens is 288 g/mol. The lowest BCUT2D eigenvalue weighted by Crippen LogP contribution is -2.47. The molecule has 0 aromatic heterocycles. The maximum Gasteiger partial charge on any atom is 0.282 e. The van der Waals surface area contributed by atoms with Gasteiger partial charge in [0.15, 0.2) is 0 Å². The molecule has 0 heterocycles. The SMILES string of the molecule is CCCN(C)S(=O)(=O)N(Cc1ccccc1)CC(C)(C)O. The molecule has 1 aromatic rings. The van der Waals surface area contributed by atoms with Gasteiger partial charge in [-0.3, -0.25) is 0 Å². The van der Waals surface area contributed by atoms with Crippen molar-refractivity contribution in [2.75, 3.05) is 20.1 Å². The smallest absolute Gasteiger partial charge is 0.282 e. The van der Waals surface area contributed by atoms with Crippen LogP contribution in [0, 0.1) is 0 Å². The van der Waals surface area contributed by atoms with Gasteiger partial charge in [0.1, 0.15) is 0 Å². The number of benzene rings is 1. The van der Waals surface area contributed by atoms with E-state index >= 15 is 0 Å². The zero-order chi connectivity index (χ0) is 16.1. The fourth-order valence-corrected chi connectivity index (χ4v) is 3.66. The molecule has 0 aliphatic heterocycles. The molecular formula is C15H26N2O3S. The Labute approximate surface area is 128 Å². The Hall–Kier alpha value is -0.950. The highest BCUT2D eigenvalue weighted by Gasteiger charge is 2.31. The first-order valence-electron chi connectivity index (χ1n) is 7.14. The Morgan fingerprint density at radius 3 is 2.24 bits per heavy atom. The summed E-state index contributed by atoms with van der Waals surface area (Å²) in [7, 11) is -2.02. The predicted octanol–water partition coefficient (Wildman–Crippen LogP) is 1.85. The molecule has 0 aliphatic rings. The molecule has 0 fully saturated rings. The Balaban J connectivity index is 3.02. The van der Waals surface area contributed by atoms with E-state index in [-0.39, 0.29) is 13.1 Å². The largest absolute Gasteiger partial charge is 0.389 e. The van der Waals surface area contributed by atoms with Gasteiger partial charge < -0.3 is 5.11 Å². The Bertz CT molecular complexity index is 524. The molecule has 0 saturated heterocycles. The van der Waals surface area contributed by atoms with Crippen molar-refractivity contribution in [2.45, 2.75) is 39.3 Å². The van der Waals surface area contributed by atoms with Crippen molar-refractivity contribution < 1.29 is 13.5 Å². The average Bonchev–Trinajstić information content (AvgIpc) is 2.38. The molecule has 1 aromatic carbocycles. The van der Waals surface area contributed by atoms with E-state index in [0.717, 1.165) is 12.0 Å². The number of nitrogens with zero attached hydrogens (tertiary/aromatic N) is 2. The second-order valence-corrected chi connectivity index (χ2v) is 7.93. The van der Waals surface area contributed by atoms with Crippen LogP contribution in [0.25, 0.3) is 0 Å². The first-order valence-corrected chi connectivity index (χ1v) is 8.54. The Morgan fingerprint density at radius 2 is 1.76 bits per heavy atom.